The number of hydrogen-bond acceptors (Lipinski definition) is 4. The van der Waals surface area contributed by atoms with Crippen molar-refractivity contribution in [1.82, 2.24) is 9.55 Å². The molecule has 0 fully saturated rings. The monoisotopic (exact) mass is 394 g/mol. The van der Waals surface area contributed by atoms with Crippen LogP contribution in [0, 0.1) is 20.8 Å². The molecule has 2 aromatic carbocycles. The first-order valence-electron chi connectivity index (χ1n) is 9.47. The molecular weight excluding hydrogens is 368 g/mol. The standard InChI is InChI=1S/C23H26N2O2S/c1-13(2)25-22(27)18-9-7-8-10-20(18)24-23(25)28-12-19-14(3)11-15(4)21(16(19)5)17(6)26/h7-11,13H,12H2,1-6H3. The molecule has 1 aromatic heterocycles. The van der Waals surface area contributed by atoms with E-state index in [4.69, 9.17) is 4.98 Å². The number of ketones is 1. The van der Waals surface area contributed by atoms with Crippen molar-refractivity contribution >= 4 is 28.4 Å². The molecule has 0 aliphatic heterocycles. The average Bonchev–Trinajstić information content (AvgIpc) is 2.60. The summed E-state index contributed by atoms with van der Waals surface area (Å²) in [6.45, 7) is 11.7. The van der Waals surface area contributed by atoms with Crippen molar-refractivity contribution in [3.8, 4) is 0 Å². The summed E-state index contributed by atoms with van der Waals surface area (Å²) in [6, 6.07) is 9.55. The molecule has 0 aliphatic carbocycles. The second kappa shape index (κ2) is 7.92. The number of carbonyl (C=O) groups excluding carboxylic acids is 1. The molecule has 0 N–H and O–H groups in total. The molecule has 0 spiro atoms. The Labute approximate surface area is 170 Å². The molecule has 0 atom stereocenters. The Hall–Kier alpha value is -2.40. The highest BCUT2D eigenvalue weighted by molar-refractivity contribution is 7.98. The molecule has 0 saturated carbocycles. The molecule has 3 aromatic rings. The van der Waals surface area contributed by atoms with Crippen molar-refractivity contribution in [2.75, 3.05) is 0 Å². The summed E-state index contributed by atoms with van der Waals surface area (Å²) in [5, 5.41) is 1.35. The quantitative estimate of drug-likeness (QED) is 0.330. The van der Waals surface area contributed by atoms with Gasteiger partial charge in [0.25, 0.3) is 5.56 Å². The van der Waals surface area contributed by atoms with Crippen molar-refractivity contribution in [1.29, 1.82) is 0 Å². The van der Waals surface area contributed by atoms with Gasteiger partial charge in [-0.05, 0) is 75.9 Å². The average molecular weight is 395 g/mol. The number of thioether (sulfide) groups is 1. The molecule has 3 rings (SSSR count). The van der Waals surface area contributed by atoms with Gasteiger partial charge in [-0.3, -0.25) is 14.2 Å². The van der Waals surface area contributed by atoms with Gasteiger partial charge in [-0.1, -0.05) is 30.0 Å². The number of benzene rings is 2. The number of rotatable bonds is 5. The highest BCUT2D eigenvalue weighted by atomic mass is 32.2. The topological polar surface area (TPSA) is 52.0 Å². The van der Waals surface area contributed by atoms with E-state index in [-0.39, 0.29) is 17.4 Å². The van der Waals surface area contributed by atoms with Gasteiger partial charge in [-0.25, -0.2) is 4.98 Å². The fourth-order valence-corrected chi connectivity index (χ4v) is 5.12. The number of Topliss-reactive ketones (excluding diaryl/α,β-unsaturated/α-hetero) is 1. The second-order valence-electron chi connectivity index (χ2n) is 7.51. The Morgan fingerprint density at radius 1 is 1.14 bits per heavy atom. The lowest BCUT2D eigenvalue weighted by molar-refractivity contribution is 0.101. The van der Waals surface area contributed by atoms with Crippen LogP contribution in [0.2, 0.25) is 0 Å². The minimum absolute atomic E-state index is 0.00937. The summed E-state index contributed by atoms with van der Waals surface area (Å²) in [6.07, 6.45) is 0. The molecule has 4 nitrogen and oxygen atoms in total. The van der Waals surface area contributed by atoms with Crippen molar-refractivity contribution < 1.29 is 4.79 Å². The minimum Gasteiger partial charge on any atom is -0.294 e. The summed E-state index contributed by atoms with van der Waals surface area (Å²) in [4.78, 5) is 29.8. The van der Waals surface area contributed by atoms with Crippen LogP contribution < -0.4 is 5.56 Å². The van der Waals surface area contributed by atoms with Crippen LogP contribution >= 0.6 is 11.8 Å². The number of aromatic nitrogens is 2. The molecule has 28 heavy (non-hydrogen) atoms. The van der Waals surface area contributed by atoms with E-state index in [1.807, 2.05) is 52.0 Å². The Morgan fingerprint density at radius 3 is 2.46 bits per heavy atom. The lowest BCUT2D eigenvalue weighted by Gasteiger charge is -2.18. The number of hydrogen-bond donors (Lipinski definition) is 0. The summed E-state index contributed by atoms with van der Waals surface area (Å²) in [5.41, 5.74) is 5.84. The highest BCUT2D eigenvalue weighted by Gasteiger charge is 2.17. The first kappa shape index (κ1) is 20.3. The highest BCUT2D eigenvalue weighted by Crippen LogP contribution is 2.30. The number of carbonyl (C=O) groups is 1. The summed E-state index contributed by atoms with van der Waals surface area (Å²) < 4.78 is 1.76. The van der Waals surface area contributed by atoms with E-state index < -0.39 is 0 Å². The molecule has 146 valence electrons. The van der Waals surface area contributed by atoms with E-state index in [0.717, 1.165) is 27.8 Å². The largest absolute Gasteiger partial charge is 0.294 e. The van der Waals surface area contributed by atoms with Crippen molar-refractivity contribution in [3.05, 3.63) is 68.5 Å². The Bertz CT molecular complexity index is 1130. The zero-order valence-electron chi connectivity index (χ0n) is 17.3. The Morgan fingerprint density at radius 2 is 1.82 bits per heavy atom. The Balaban J connectivity index is 2.08. The van der Waals surface area contributed by atoms with Gasteiger partial charge in [0.05, 0.1) is 10.9 Å². The summed E-state index contributed by atoms with van der Waals surface area (Å²) in [5.74, 6) is 0.750. The fraction of sp³-hybridized carbons (Fsp3) is 0.348. The van der Waals surface area contributed by atoms with Crippen LogP contribution in [0.5, 0.6) is 0 Å². The van der Waals surface area contributed by atoms with E-state index in [9.17, 15) is 9.59 Å². The van der Waals surface area contributed by atoms with Gasteiger partial charge >= 0.3 is 0 Å². The van der Waals surface area contributed by atoms with E-state index in [0.29, 0.717) is 21.8 Å². The SMILES string of the molecule is CC(=O)c1c(C)cc(C)c(CSc2nc3ccccc3c(=O)n2C(C)C)c1C. The molecule has 0 unspecified atom stereocenters. The van der Waals surface area contributed by atoms with E-state index >= 15 is 0 Å². The third kappa shape index (κ3) is 3.63. The molecule has 5 heteroatoms. The van der Waals surface area contributed by atoms with E-state index in [2.05, 4.69) is 13.0 Å². The minimum atomic E-state index is -0.00937. The van der Waals surface area contributed by atoms with Crippen molar-refractivity contribution in [2.45, 2.75) is 58.5 Å². The molecule has 0 amide bonds. The maximum atomic E-state index is 13.0. The van der Waals surface area contributed by atoms with Gasteiger partial charge in [0, 0.05) is 17.4 Å². The van der Waals surface area contributed by atoms with Crippen molar-refractivity contribution in [3.63, 3.8) is 0 Å². The third-order valence-electron chi connectivity index (χ3n) is 5.12. The van der Waals surface area contributed by atoms with E-state index in [1.165, 1.54) is 0 Å². The predicted octanol–water partition coefficient (Wildman–Crippen LogP) is 5.40. The fourth-order valence-electron chi connectivity index (χ4n) is 3.81. The number of fused-ring (bicyclic) bond motifs is 1. The zero-order valence-corrected chi connectivity index (χ0v) is 18.1. The maximum Gasteiger partial charge on any atom is 0.262 e. The molecule has 0 aliphatic rings. The van der Waals surface area contributed by atoms with Crippen LogP contribution in [-0.2, 0) is 5.75 Å². The predicted molar refractivity (Wildman–Crippen MR) is 117 cm³/mol. The molecule has 1 heterocycles. The normalized spacial score (nSPS) is 11.4. The molecule has 0 bridgehead atoms. The van der Waals surface area contributed by atoms with E-state index in [1.54, 1.807) is 23.3 Å². The summed E-state index contributed by atoms with van der Waals surface area (Å²) >= 11 is 1.55. The van der Waals surface area contributed by atoms with Gasteiger partial charge in [0.2, 0.25) is 0 Å². The first-order chi connectivity index (χ1) is 13.2. The number of aryl methyl sites for hydroxylation is 2. The molecule has 0 saturated heterocycles. The van der Waals surface area contributed by atoms with Crippen molar-refractivity contribution in [2.24, 2.45) is 0 Å². The molecule has 0 radical (unpaired) electrons. The third-order valence-corrected chi connectivity index (χ3v) is 6.10. The van der Waals surface area contributed by atoms with Gasteiger partial charge in [-0.15, -0.1) is 0 Å². The Kier molecular flexibility index (Phi) is 5.75. The van der Waals surface area contributed by atoms with Crippen LogP contribution in [-0.4, -0.2) is 15.3 Å². The second-order valence-corrected chi connectivity index (χ2v) is 8.46. The molecular formula is C23H26N2O2S. The van der Waals surface area contributed by atoms with Crippen LogP contribution in [0.25, 0.3) is 10.9 Å². The van der Waals surface area contributed by atoms with Crippen LogP contribution in [0.4, 0.5) is 0 Å². The van der Waals surface area contributed by atoms with Crippen LogP contribution in [0.3, 0.4) is 0 Å². The lowest BCUT2D eigenvalue weighted by Crippen LogP contribution is -2.25. The van der Waals surface area contributed by atoms with Crippen LogP contribution in [0.15, 0.2) is 40.3 Å². The van der Waals surface area contributed by atoms with Crippen LogP contribution in [0.1, 0.15) is 59.4 Å². The van der Waals surface area contributed by atoms with Gasteiger partial charge in [-0.2, -0.15) is 0 Å². The maximum absolute atomic E-state index is 13.0. The lowest BCUT2D eigenvalue weighted by atomic mass is 9.92. The zero-order chi connectivity index (χ0) is 20.6. The van der Waals surface area contributed by atoms with Gasteiger partial charge in [0.15, 0.2) is 10.9 Å². The number of nitrogens with zero attached hydrogens (tertiary/aromatic N) is 2. The van der Waals surface area contributed by atoms with Gasteiger partial charge < -0.3 is 0 Å². The smallest absolute Gasteiger partial charge is 0.262 e. The van der Waals surface area contributed by atoms with Gasteiger partial charge in [0.1, 0.15) is 0 Å². The summed E-state index contributed by atoms with van der Waals surface area (Å²) in [7, 11) is 0. The number of para-hydroxylation sites is 1. The first-order valence-corrected chi connectivity index (χ1v) is 10.5.